The van der Waals surface area contributed by atoms with E-state index in [0.29, 0.717) is 10.8 Å². The average Bonchev–Trinajstić information content (AvgIpc) is 2.28. The summed E-state index contributed by atoms with van der Waals surface area (Å²) in [5, 5.41) is 0.636. The van der Waals surface area contributed by atoms with E-state index in [2.05, 4.69) is 6.92 Å². The molecule has 0 saturated heterocycles. The number of hydrogen-bond donors (Lipinski definition) is 0. The van der Waals surface area contributed by atoms with E-state index in [-0.39, 0.29) is 12.6 Å². The summed E-state index contributed by atoms with van der Waals surface area (Å²) in [4.78, 5) is 11.3. The Hall–Kier alpha value is -0.670. The lowest BCUT2D eigenvalue weighted by Gasteiger charge is -2.05. The molecule has 2 nitrogen and oxygen atoms in total. The predicted octanol–water partition coefficient (Wildman–Crippen LogP) is 3.53. The molecule has 0 bridgehead atoms. The van der Waals surface area contributed by atoms with Crippen LogP contribution in [0.3, 0.4) is 0 Å². The van der Waals surface area contributed by atoms with E-state index in [4.69, 9.17) is 16.3 Å². The van der Waals surface area contributed by atoms with Crippen LogP contribution in [-0.4, -0.2) is 17.5 Å². The van der Waals surface area contributed by atoms with Crippen molar-refractivity contribution in [1.29, 1.82) is 0 Å². The van der Waals surface area contributed by atoms with Crippen LogP contribution in [0.4, 0.5) is 0 Å². The summed E-state index contributed by atoms with van der Waals surface area (Å²) in [6, 6.07) is 7.37. The zero-order valence-corrected chi connectivity index (χ0v) is 10.8. The van der Waals surface area contributed by atoms with Gasteiger partial charge in [-0.25, -0.2) is 0 Å². The van der Waals surface area contributed by atoms with Crippen molar-refractivity contribution in [3.8, 4) is 0 Å². The van der Waals surface area contributed by atoms with Gasteiger partial charge in [-0.15, -0.1) is 0 Å². The van der Waals surface area contributed by atoms with Gasteiger partial charge in [0.15, 0.2) is 0 Å². The maximum Gasteiger partial charge on any atom is 0.316 e. The van der Waals surface area contributed by atoms with Crippen molar-refractivity contribution < 1.29 is 9.53 Å². The number of esters is 1. The molecule has 0 amide bonds. The third-order valence-electron chi connectivity index (χ3n) is 1.91. The first kappa shape index (κ1) is 13.4. The van der Waals surface area contributed by atoms with Gasteiger partial charge in [-0.1, -0.05) is 36.7 Å². The Balaban J connectivity index is 2.29. The molecule has 0 aliphatic heterocycles. The van der Waals surface area contributed by atoms with Crippen molar-refractivity contribution in [3.63, 3.8) is 0 Å². The molecule has 0 heterocycles. The minimum absolute atomic E-state index is 0.182. The fourth-order valence-electron chi connectivity index (χ4n) is 1.12. The first-order chi connectivity index (χ1) is 7.74. The Kier molecular flexibility index (Phi) is 6.34. The molecule has 0 aliphatic carbocycles. The number of thioether (sulfide) groups is 1. The Morgan fingerprint density at radius 2 is 2.19 bits per heavy atom. The second-order valence-corrected chi connectivity index (χ2v) is 4.82. The van der Waals surface area contributed by atoms with Crippen LogP contribution in [0.15, 0.2) is 24.3 Å². The van der Waals surface area contributed by atoms with E-state index in [1.54, 1.807) is 17.8 Å². The first-order valence-electron chi connectivity index (χ1n) is 5.20. The second kappa shape index (κ2) is 7.58. The molecule has 4 heteroatoms. The largest absolute Gasteiger partial charge is 0.460 e. The van der Waals surface area contributed by atoms with E-state index >= 15 is 0 Å². The van der Waals surface area contributed by atoms with E-state index in [0.717, 1.165) is 17.7 Å². The molecule has 0 radical (unpaired) electrons. The molecule has 0 aliphatic rings. The van der Waals surface area contributed by atoms with Crippen molar-refractivity contribution in [2.75, 3.05) is 11.5 Å². The van der Waals surface area contributed by atoms with E-state index in [1.165, 1.54) is 0 Å². The Labute approximate surface area is 105 Å². The van der Waals surface area contributed by atoms with E-state index in [1.807, 2.05) is 18.2 Å². The molecule has 1 aromatic carbocycles. The highest BCUT2D eigenvalue weighted by Crippen LogP contribution is 2.16. The van der Waals surface area contributed by atoms with Gasteiger partial charge in [0, 0.05) is 10.6 Å². The van der Waals surface area contributed by atoms with E-state index in [9.17, 15) is 4.79 Å². The van der Waals surface area contributed by atoms with Crippen LogP contribution in [-0.2, 0) is 16.1 Å². The number of rotatable bonds is 6. The second-order valence-electron chi connectivity index (χ2n) is 3.30. The minimum atomic E-state index is -0.182. The number of hydrogen-bond acceptors (Lipinski definition) is 3. The Bertz CT molecular complexity index is 342. The molecule has 0 atom stereocenters. The fourth-order valence-corrected chi connectivity index (χ4v) is 1.99. The van der Waals surface area contributed by atoms with Crippen LogP contribution < -0.4 is 0 Å². The van der Waals surface area contributed by atoms with Crippen LogP contribution in [0, 0.1) is 0 Å². The fraction of sp³-hybridized carbons (Fsp3) is 0.417. The average molecular weight is 259 g/mol. The molecule has 1 aromatic rings. The molecule has 0 aromatic heterocycles. The van der Waals surface area contributed by atoms with Crippen molar-refractivity contribution in [2.45, 2.75) is 20.0 Å². The third kappa shape index (κ3) is 4.90. The topological polar surface area (TPSA) is 26.3 Å². The van der Waals surface area contributed by atoms with Crippen molar-refractivity contribution in [3.05, 3.63) is 34.9 Å². The normalized spacial score (nSPS) is 10.1. The lowest BCUT2D eigenvalue weighted by Crippen LogP contribution is -2.07. The van der Waals surface area contributed by atoms with Gasteiger partial charge in [-0.05, 0) is 18.2 Å². The van der Waals surface area contributed by atoms with Gasteiger partial charge in [0.25, 0.3) is 0 Å². The number of carbonyl (C=O) groups excluding carboxylic acids is 1. The van der Waals surface area contributed by atoms with Crippen molar-refractivity contribution in [1.82, 2.24) is 0 Å². The highest BCUT2D eigenvalue weighted by molar-refractivity contribution is 7.99. The summed E-state index contributed by atoms with van der Waals surface area (Å²) < 4.78 is 5.11. The summed E-state index contributed by atoms with van der Waals surface area (Å²) in [7, 11) is 0. The zero-order valence-electron chi connectivity index (χ0n) is 9.24. The molecule has 0 N–H and O–H groups in total. The molecular formula is C12H15ClO2S. The standard InChI is InChI=1S/C12H15ClO2S/c1-2-7-16-9-12(14)15-8-10-5-3-4-6-11(10)13/h3-6H,2,7-9H2,1H3. The highest BCUT2D eigenvalue weighted by Gasteiger charge is 2.05. The molecule has 88 valence electrons. The summed E-state index contributed by atoms with van der Waals surface area (Å²) >= 11 is 7.53. The van der Waals surface area contributed by atoms with Crippen molar-refractivity contribution >= 4 is 29.3 Å². The molecular weight excluding hydrogens is 244 g/mol. The lowest BCUT2D eigenvalue weighted by atomic mass is 10.2. The maximum atomic E-state index is 11.3. The Morgan fingerprint density at radius 3 is 2.88 bits per heavy atom. The number of ether oxygens (including phenoxy) is 1. The first-order valence-corrected chi connectivity index (χ1v) is 6.74. The number of halogens is 1. The quantitative estimate of drug-likeness (QED) is 0.577. The molecule has 16 heavy (non-hydrogen) atoms. The summed E-state index contributed by atoms with van der Waals surface area (Å²) in [5.74, 6) is 1.22. The molecule has 0 fully saturated rings. The predicted molar refractivity (Wildman–Crippen MR) is 68.9 cm³/mol. The third-order valence-corrected chi connectivity index (χ3v) is 3.42. The van der Waals surface area contributed by atoms with Crippen LogP contribution in [0.2, 0.25) is 5.02 Å². The smallest absolute Gasteiger partial charge is 0.316 e. The van der Waals surface area contributed by atoms with Gasteiger partial charge in [0.05, 0.1) is 5.75 Å². The number of benzene rings is 1. The van der Waals surface area contributed by atoms with Gasteiger partial charge in [0.1, 0.15) is 6.61 Å². The summed E-state index contributed by atoms with van der Waals surface area (Å²) in [5.41, 5.74) is 0.845. The number of carbonyl (C=O) groups is 1. The molecule has 0 unspecified atom stereocenters. The van der Waals surface area contributed by atoms with Gasteiger partial charge in [-0.3, -0.25) is 4.79 Å². The van der Waals surface area contributed by atoms with Crippen LogP contribution in [0.5, 0.6) is 0 Å². The monoisotopic (exact) mass is 258 g/mol. The van der Waals surface area contributed by atoms with E-state index < -0.39 is 0 Å². The molecule has 0 saturated carbocycles. The van der Waals surface area contributed by atoms with Gasteiger partial charge < -0.3 is 4.74 Å². The van der Waals surface area contributed by atoms with Crippen LogP contribution >= 0.6 is 23.4 Å². The summed E-state index contributed by atoms with van der Waals surface area (Å²) in [6.45, 7) is 2.34. The molecule has 0 spiro atoms. The highest BCUT2D eigenvalue weighted by atomic mass is 35.5. The van der Waals surface area contributed by atoms with Gasteiger partial charge in [0.2, 0.25) is 0 Å². The van der Waals surface area contributed by atoms with Crippen molar-refractivity contribution in [2.24, 2.45) is 0 Å². The molecule has 1 rings (SSSR count). The zero-order chi connectivity index (χ0) is 11.8. The maximum absolute atomic E-state index is 11.3. The van der Waals surface area contributed by atoms with Gasteiger partial charge in [-0.2, -0.15) is 11.8 Å². The summed E-state index contributed by atoms with van der Waals surface area (Å²) in [6.07, 6.45) is 1.07. The lowest BCUT2D eigenvalue weighted by molar-refractivity contribution is -0.141. The van der Waals surface area contributed by atoms with Crippen LogP contribution in [0.1, 0.15) is 18.9 Å². The minimum Gasteiger partial charge on any atom is -0.460 e. The van der Waals surface area contributed by atoms with Gasteiger partial charge >= 0.3 is 5.97 Å². The Morgan fingerprint density at radius 1 is 1.44 bits per heavy atom. The van der Waals surface area contributed by atoms with Crippen LogP contribution in [0.25, 0.3) is 0 Å². The SMILES string of the molecule is CCCSCC(=O)OCc1ccccc1Cl.